The number of imidazole rings is 1. The van der Waals surface area contributed by atoms with E-state index in [0.29, 0.717) is 0 Å². The highest BCUT2D eigenvalue weighted by Crippen LogP contribution is 2.21. The van der Waals surface area contributed by atoms with Gasteiger partial charge in [-0.3, -0.25) is 0 Å². The lowest BCUT2D eigenvalue weighted by Gasteiger charge is -2.07. The number of hydrogen-bond acceptors (Lipinski definition) is 5. The molecule has 0 atom stereocenters. The van der Waals surface area contributed by atoms with Crippen LogP contribution in [0.1, 0.15) is 0 Å². The molecule has 7 heteroatoms. The summed E-state index contributed by atoms with van der Waals surface area (Å²) in [6.07, 6.45) is 3.22. The minimum atomic E-state index is 0. The summed E-state index contributed by atoms with van der Waals surface area (Å²) in [4.78, 5) is 17.6. The van der Waals surface area contributed by atoms with Crippen LogP contribution in [0.4, 0.5) is 0 Å². The van der Waals surface area contributed by atoms with Crippen molar-refractivity contribution in [3.63, 3.8) is 0 Å². The smallest absolute Gasteiger partial charge is 0.161 e. The molecule has 0 aliphatic rings. The Hall–Kier alpha value is -0.850. The number of H-pyrrole nitrogens is 1. The number of nitrogens with zero attached hydrogens (tertiary/aromatic N) is 4. The number of aromatic nitrogens is 4. The van der Waals surface area contributed by atoms with E-state index in [4.69, 9.17) is 0 Å². The van der Waals surface area contributed by atoms with Crippen molar-refractivity contribution in [2.24, 2.45) is 0 Å². The molecule has 2 heterocycles. The van der Waals surface area contributed by atoms with Crippen molar-refractivity contribution in [2.75, 3.05) is 26.4 Å². The van der Waals surface area contributed by atoms with Gasteiger partial charge < -0.3 is 9.88 Å². The Morgan fingerprint density at radius 2 is 2.12 bits per heavy atom. The Morgan fingerprint density at radius 1 is 1.31 bits per heavy atom. The standard InChI is InChI=1S/C9H13N5S.ClH/c1-14(2)3-4-15-9-7-8(11-5-10-7)12-6-13-9;/h5-6H,3-4H2,1-2H3,(H,10,11,12,13);1H. The minimum Gasteiger partial charge on any atom is -0.329 e. The molecule has 0 unspecified atom stereocenters. The highest BCUT2D eigenvalue weighted by atomic mass is 35.5. The first-order valence-electron chi connectivity index (χ1n) is 4.69. The lowest BCUT2D eigenvalue weighted by molar-refractivity contribution is 0.437. The van der Waals surface area contributed by atoms with Gasteiger partial charge in [-0.1, -0.05) is 0 Å². The Kier molecular flexibility index (Phi) is 4.98. The molecular formula is C9H14ClN5S. The van der Waals surface area contributed by atoms with Gasteiger partial charge in [-0.05, 0) is 14.1 Å². The lowest BCUT2D eigenvalue weighted by Crippen LogP contribution is -2.14. The minimum absolute atomic E-state index is 0. The zero-order valence-corrected chi connectivity index (χ0v) is 10.8. The van der Waals surface area contributed by atoms with E-state index in [1.54, 1.807) is 24.4 Å². The van der Waals surface area contributed by atoms with E-state index in [1.807, 2.05) is 0 Å². The van der Waals surface area contributed by atoms with E-state index in [-0.39, 0.29) is 12.4 Å². The summed E-state index contributed by atoms with van der Waals surface area (Å²) in [6, 6.07) is 0. The van der Waals surface area contributed by atoms with Crippen molar-refractivity contribution in [1.82, 2.24) is 24.8 Å². The van der Waals surface area contributed by atoms with E-state index in [2.05, 4.69) is 38.9 Å². The summed E-state index contributed by atoms with van der Waals surface area (Å²) in [6.45, 7) is 1.03. The average molecular weight is 260 g/mol. The first-order valence-corrected chi connectivity index (χ1v) is 5.67. The first kappa shape index (κ1) is 13.2. The van der Waals surface area contributed by atoms with Gasteiger partial charge in [-0.25, -0.2) is 15.0 Å². The van der Waals surface area contributed by atoms with Crippen LogP contribution in [0.15, 0.2) is 17.7 Å². The summed E-state index contributed by atoms with van der Waals surface area (Å²) in [5, 5.41) is 0.947. The fraction of sp³-hybridized carbons (Fsp3) is 0.444. The maximum absolute atomic E-state index is 4.23. The third-order valence-electron chi connectivity index (χ3n) is 1.96. The number of fused-ring (bicyclic) bond motifs is 1. The number of thioether (sulfide) groups is 1. The van der Waals surface area contributed by atoms with Crippen LogP contribution in [0.2, 0.25) is 0 Å². The number of nitrogens with one attached hydrogen (secondary N) is 1. The van der Waals surface area contributed by atoms with Crippen LogP contribution in [0.3, 0.4) is 0 Å². The maximum atomic E-state index is 4.23. The molecule has 0 aliphatic carbocycles. The molecule has 1 N–H and O–H groups in total. The van der Waals surface area contributed by atoms with Crippen LogP contribution >= 0.6 is 24.2 Å². The van der Waals surface area contributed by atoms with Gasteiger partial charge in [-0.15, -0.1) is 24.2 Å². The van der Waals surface area contributed by atoms with Crippen LogP contribution < -0.4 is 0 Å². The molecule has 5 nitrogen and oxygen atoms in total. The number of halogens is 1. The van der Waals surface area contributed by atoms with Crippen LogP contribution in [0, 0.1) is 0 Å². The molecule has 0 bridgehead atoms. The molecule has 0 radical (unpaired) electrons. The Morgan fingerprint density at radius 3 is 2.88 bits per heavy atom. The van der Waals surface area contributed by atoms with E-state index < -0.39 is 0 Å². The largest absolute Gasteiger partial charge is 0.329 e. The van der Waals surface area contributed by atoms with Crippen molar-refractivity contribution in [2.45, 2.75) is 5.03 Å². The summed E-state index contributed by atoms with van der Waals surface area (Å²) < 4.78 is 0. The molecule has 0 fully saturated rings. The molecule has 0 spiro atoms. The summed E-state index contributed by atoms with van der Waals surface area (Å²) >= 11 is 1.71. The van der Waals surface area contributed by atoms with Gasteiger partial charge in [-0.2, -0.15) is 0 Å². The molecule has 0 amide bonds. The molecule has 0 saturated carbocycles. The third kappa shape index (κ3) is 3.07. The normalized spacial score (nSPS) is 10.7. The van der Waals surface area contributed by atoms with E-state index in [1.165, 1.54) is 0 Å². The molecule has 2 aromatic rings. The van der Waals surface area contributed by atoms with Gasteiger partial charge in [0.05, 0.1) is 6.33 Å². The van der Waals surface area contributed by atoms with Crippen LogP contribution in [-0.2, 0) is 0 Å². The van der Waals surface area contributed by atoms with Crippen molar-refractivity contribution >= 4 is 35.3 Å². The monoisotopic (exact) mass is 259 g/mol. The second-order valence-electron chi connectivity index (χ2n) is 3.43. The Labute approximate surface area is 104 Å². The third-order valence-corrected chi connectivity index (χ3v) is 2.92. The number of rotatable bonds is 4. The summed E-state index contributed by atoms with van der Waals surface area (Å²) in [7, 11) is 4.12. The van der Waals surface area contributed by atoms with Gasteiger partial charge in [0.1, 0.15) is 16.9 Å². The van der Waals surface area contributed by atoms with Crippen molar-refractivity contribution < 1.29 is 0 Å². The zero-order valence-electron chi connectivity index (χ0n) is 9.17. The fourth-order valence-corrected chi connectivity index (χ4v) is 2.23. The molecule has 16 heavy (non-hydrogen) atoms. The molecule has 0 saturated heterocycles. The van der Waals surface area contributed by atoms with Crippen LogP contribution in [0.25, 0.3) is 11.2 Å². The van der Waals surface area contributed by atoms with Crippen molar-refractivity contribution in [1.29, 1.82) is 0 Å². The molecule has 2 rings (SSSR count). The SMILES string of the molecule is CN(C)CCSc1ncnc2[nH]cnc12.Cl. The topological polar surface area (TPSA) is 57.7 Å². The maximum Gasteiger partial charge on any atom is 0.161 e. The van der Waals surface area contributed by atoms with Gasteiger partial charge >= 0.3 is 0 Å². The lowest BCUT2D eigenvalue weighted by atomic mass is 10.6. The highest BCUT2D eigenvalue weighted by Gasteiger charge is 2.05. The number of hydrogen-bond donors (Lipinski definition) is 1. The highest BCUT2D eigenvalue weighted by molar-refractivity contribution is 7.99. The van der Waals surface area contributed by atoms with E-state index >= 15 is 0 Å². The number of aromatic amines is 1. The summed E-state index contributed by atoms with van der Waals surface area (Å²) in [5.41, 5.74) is 1.67. The van der Waals surface area contributed by atoms with Crippen molar-refractivity contribution in [3.05, 3.63) is 12.7 Å². The summed E-state index contributed by atoms with van der Waals surface area (Å²) in [5.74, 6) is 1.01. The van der Waals surface area contributed by atoms with Gasteiger partial charge in [0.15, 0.2) is 5.65 Å². The molecule has 0 aliphatic heterocycles. The average Bonchev–Trinajstić information content (AvgIpc) is 2.65. The van der Waals surface area contributed by atoms with Crippen LogP contribution in [0.5, 0.6) is 0 Å². The van der Waals surface area contributed by atoms with E-state index in [0.717, 1.165) is 28.5 Å². The first-order chi connectivity index (χ1) is 7.27. The van der Waals surface area contributed by atoms with Gasteiger partial charge in [0, 0.05) is 12.3 Å². The molecule has 0 aromatic carbocycles. The molecule has 88 valence electrons. The van der Waals surface area contributed by atoms with E-state index in [9.17, 15) is 0 Å². The fourth-order valence-electron chi connectivity index (χ4n) is 1.17. The zero-order chi connectivity index (χ0) is 10.7. The van der Waals surface area contributed by atoms with Crippen molar-refractivity contribution in [3.8, 4) is 0 Å². The second kappa shape index (κ2) is 6.03. The van der Waals surface area contributed by atoms with Gasteiger partial charge in [0.25, 0.3) is 0 Å². The molecule has 2 aromatic heterocycles. The predicted octanol–water partition coefficient (Wildman–Crippen LogP) is 1.43. The molecular weight excluding hydrogens is 246 g/mol. The van der Waals surface area contributed by atoms with Crippen LogP contribution in [-0.4, -0.2) is 51.2 Å². The Balaban J connectivity index is 0.00000128. The van der Waals surface area contributed by atoms with Gasteiger partial charge in [0.2, 0.25) is 0 Å². The predicted molar refractivity (Wildman–Crippen MR) is 68.2 cm³/mol. The Bertz CT molecular complexity index is 444. The second-order valence-corrected chi connectivity index (χ2v) is 4.51. The quantitative estimate of drug-likeness (QED) is 0.665.